The van der Waals surface area contributed by atoms with Crippen molar-refractivity contribution in [3.63, 3.8) is 0 Å². The van der Waals surface area contributed by atoms with Gasteiger partial charge in [0.05, 0.1) is 6.61 Å². The molecule has 1 aromatic carbocycles. The summed E-state index contributed by atoms with van der Waals surface area (Å²) in [5.41, 5.74) is 1.30. The molecule has 18 heavy (non-hydrogen) atoms. The number of ether oxygens (including phenoxy) is 1. The summed E-state index contributed by atoms with van der Waals surface area (Å²) in [5, 5.41) is 3.43. The van der Waals surface area contributed by atoms with Gasteiger partial charge in [-0.2, -0.15) is 0 Å². The van der Waals surface area contributed by atoms with Gasteiger partial charge in [0.1, 0.15) is 5.75 Å². The van der Waals surface area contributed by atoms with E-state index in [2.05, 4.69) is 28.4 Å². The second-order valence-corrected chi connectivity index (χ2v) is 4.42. The lowest BCUT2D eigenvalue weighted by atomic mass is 10.2. The third-order valence-electron chi connectivity index (χ3n) is 3.10. The Bertz CT molecular complexity index is 338. The van der Waals surface area contributed by atoms with Crippen LogP contribution in [0.2, 0.25) is 0 Å². The third-order valence-corrected chi connectivity index (χ3v) is 3.10. The number of hydrogen-bond donors (Lipinski definition) is 1. The number of rotatable bonds is 4. The molecule has 1 heterocycles. The van der Waals surface area contributed by atoms with E-state index in [0.29, 0.717) is 0 Å². The SMILES string of the molecule is CCOc1ccccc1CN1CCCNCC1.Cl. The number of nitrogens with zero attached hydrogens (tertiary/aromatic N) is 1. The molecule has 3 nitrogen and oxygen atoms in total. The Morgan fingerprint density at radius 2 is 2.06 bits per heavy atom. The molecule has 0 aromatic heterocycles. The van der Waals surface area contributed by atoms with Crippen LogP contribution < -0.4 is 10.1 Å². The van der Waals surface area contributed by atoms with Crippen LogP contribution >= 0.6 is 12.4 Å². The first-order valence-corrected chi connectivity index (χ1v) is 6.54. The predicted molar refractivity (Wildman–Crippen MR) is 77.6 cm³/mol. The van der Waals surface area contributed by atoms with Crippen LogP contribution in [-0.4, -0.2) is 37.7 Å². The van der Waals surface area contributed by atoms with Crippen LogP contribution in [0, 0.1) is 0 Å². The van der Waals surface area contributed by atoms with Crippen LogP contribution in [0.15, 0.2) is 24.3 Å². The Labute approximate surface area is 116 Å². The zero-order valence-corrected chi connectivity index (χ0v) is 11.8. The maximum atomic E-state index is 5.67. The number of benzene rings is 1. The van der Waals surface area contributed by atoms with E-state index in [4.69, 9.17) is 4.74 Å². The highest BCUT2D eigenvalue weighted by Crippen LogP contribution is 2.20. The van der Waals surface area contributed by atoms with E-state index >= 15 is 0 Å². The van der Waals surface area contributed by atoms with E-state index in [9.17, 15) is 0 Å². The smallest absolute Gasteiger partial charge is 0.123 e. The van der Waals surface area contributed by atoms with Gasteiger partial charge in [-0.1, -0.05) is 18.2 Å². The normalized spacial score (nSPS) is 16.7. The summed E-state index contributed by atoms with van der Waals surface area (Å²) in [6.07, 6.45) is 1.23. The van der Waals surface area contributed by atoms with Gasteiger partial charge in [0, 0.05) is 25.2 Å². The van der Waals surface area contributed by atoms with Gasteiger partial charge in [-0.25, -0.2) is 0 Å². The Balaban J connectivity index is 0.00000162. The van der Waals surface area contributed by atoms with Crippen molar-refractivity contribution in [1.29, 1.82) is 0 Å². The molecule has 1 fully saturated rings. The van der Waals surface area contributed by atoms with Gasteiger partial charge in [0.25, 0.3) is 0 Å². The molecule has 1 saturated heterocycles. The van der Waals surface area contributed by atoms with Crippen LogP contribution in [0.25, 0.3) is 0 Å². The zero-order chi connectivity index (χ0) is 11.9. The minimum Gasteiger partial charge on any atom is -0.494 e. The lowest BCUT2D eigenvalue weighted by Gasteiger charge is -2.21. The van der Waals surface area contributed by atoms with Gasteiger partial charge < -0.3 is 10.1 Å². The molecule has 1 aliphatic heterocycles. The van der Waals surface area contributed by atoms with E-state index < -0.39 is 0 Å². The Kier molecular flexibility index (Phi) is 7.09. The van der Waals surface area contributed by atoms with Crippen LogP contribution in [0.3, 0.4) is 0 Å². The van der Waals surface area contributed by atoms with E-state index in [0.717, 1.165) is 38.5 Å². The molecule has 0 unspecified atom stereocenters. The summed E-state index contributed by atoms with van der Waals surface area (Å²) in [4.78, 5) is 2.50. The van der Waals surface area contributed by atoms with Crippen molar-refractivity contribution in [2.45, 2.75) is 19.9 Å². The van der Waals surface area contributed by atoms with Gasteiger partial charge in [-0.15, -0.1) is 12.4 Å². The van der Waals surface area contributed by atoms with Gasteiger partial charge in [-0.3, -0.25) is 4.90 Å². The van der Waals surface area contributed by atoms with Crippen LogP contribution in [0.5, 0.6) is 5.75 Å². The van der Waals surface area contributed by atoms with Crippen LogP contribution in [-0.2, 0) is 6.54 Å². The first-order valence-electron chi connectivity index (χ1n) is 6.54. The average molecular weight is 271 g/mol. The minimum atomic E-state index is 0. The molecule has 1 aliphatic rings. The van der Waals surface area contributed by atoms with Crippen molar-refractivity contribution in [2.24, 2.45) is 0 Å². The van der Waals surface area contributed by atoms with E-state index in [1.807, 2.05) is 13.0 Å². The molecule has 0 bridgehead atoms. The summed E-state index contributed by atoms with van der Waals surface area (Å²) in [7, 11) is 0. The summed E-state index contributed by atoms with van der Waals surface area (Å²) < 4.78 is 5.67. The number of hydrogen-bond acceptors (Lipinski definition) is 3. The van der Waals surface area contributed by atoms with Crippen molar-refractivity contribution in [2.75, 3.05) is 32.8 Å². The quantitative estimate of drug-likeness (QED) is 0.909. The van der Waals surface area contributed by atoms with E-state index in [1.54, 1.807) is 0 Å². The van der Waals surface area contributed by atoms with Crippen LogP contribution in [0.4, 0.5) is 0 Å². The summed E-state index contributed by atoms with van der Waals surface area (Å²) in [6, 6.07) is 8.37. The topological polar surface area (TPSA) is 24.5 Å². The molecule has 1 N–H and O–H groups in total. The second-order valence-electron chi connectivity index (χ2n) is 4.42. The molecule has 0 saturated carbocycles. The predicted octanol–water partition coefficient (Wildman–Crippen LogP) is 2.30. The van der Waals surface area contributed by atoms with E-state index in [1.165, 1.54) is 18.5 Å². The van der Waals surface area contributed by atoms with Crippen molar-refractivity contribution in [3.8, 4) is 5.75 Å². The second kappa shape index (κ2) is 8.35. The molecule has 1 aromatic rings. The number of para-hydroxylation sites is 1. The monoisotopic (exact) mass is 270 g/mol. The fourth-order valence-electron chi connectivity index (χ4n) is 2.23. The lowest BCUT2D eigenvalue weighted by Crippen LogP contribution is -2.27. The summed E-state index contributed by atoms with van der Waals surface area (Å²) >= 11 is 0. The molecule has 0 radical (unpaired) electrons. The molecule has 0 spiro atoms. The fourth-order valence-corrected chi connectivity index (χ4v) is 2.23. The average Bonchev–Trinajstić information content (AvgIpc) is 2.61. The fraction of sp³-hybridized carbons (Fsp3) is 0.571. The molecule has 102 valence electrons. The highest BCUT2D eigenvalue weighted by Gasteiger charge is 2.11. The van der Waals surface area contributed by atoms with Gasteiger partial charge in [0.15, 0.2) is 0 Å². The molecular formula is C14H23ClN2O. The van der Waals surface area contributed by atoms with Crippen molar-refractivity contribution >= 4 is 12.4 Å². The number of nitrogens with one attached hydrogen (secondary N) is 1. The van der Waals surface area contributed by atoms with Crippen molar-refractivity contribution < 1.29 is 4.74 Å². The molecule has 0 amide bonds. The Morgan fingerprint density at radius 1 is 1.22 bits per heavy atom. The van der Waals surface area contributed by atoms with E-state index in [-0.39, 0.29) is 12.4 Å². The van der Waals surface area contributed by atoms with Crippen molar-refractivity contribution in [3.05, 3.63) is 29.8 Å². The Morgan fingerprint density at radius 3 is 2.89 bits per heavy atom. The van der Waals surface area contributed by atoms with Gasteiger partial charge in [0.2, 0.25) is 0 Å². The molecule has 0 aliphatic carbocycles. The first kappa shape index (κ1) is 15.3. The summed E-state index contributed by atoms with van der Waals surface area (Å²) in [5.74, 6) is 1.03. The standard InChI is InChI=1S/C14H22N2O.ClH/c1-2-17-14-7-4-3-6-13(14)12-16-10-5-8-15-9-11-16;/h3-4,6-7,15H,2,5,8-12H2,1H3;1H. The highest BCUT2D eigenvalue weighted by molar-refractivity contribution is 5.85. The maximum absolute atomic E-state index is 5.67. The van der Waals surface area contributed by atoms with Crippen LogP contribution in [0.1, 0.15) is 18.9 Å². The zero-order valence-electron chi connectivity index (χ0n) is 11.0. The third kappa shape index (κ3) is 4.48. The first-order chi connectivity index (χ1) is 8.40. The van der Waals surface area contributed by atoms with Gasteiger partial charge in [-0.05, 0) is 32.5 Å². The largest absolute Gasteiger partial charge is 0.494 e. The minimum absolute atomic E-state index is 0. The molecular weight excluding hydrogens is 248 g/mol. The molecule has 0 atom stereocenters. The van der Waals surface area contributed by atoms with Gasteiger partial charge >= 0.3 is 0 Å². The summed E-state index contributed by atoms with van der Waals surface area (Å²) in [6.45, 7) is 8.30. The maximum Gasteiger partial charge on any atom is 0.123 e. The molecule has 4 heteroatoms. The molecule has 2 rings (SSSR count). The Hall–Kier alpha value is -0.770. The number of halogens is 1. The lowest BCUT2D eigenvalue weighted by molar-refractivity contribution is 0.273. The van der Waals surface area contributed by atoms with Crippen molar-refractivity contribution in [1.82, 2.24) is 10.2 Å². The highest BCUT2D eigenvalue weighted by atomic mass is 35.5.